The van der Waals surface area contributed by atoms with Crippen LogP contribution in [0.3, 0.4) is 0 Å². The highest BCUT2D eigenvalue weighted by Crippen LogP contribution is 2.32. The smallest absolute Gasteiger partial charge is 0.245 e. The largest absolute Gasteiger partial charge is 0.497 e. The fraction of sp³-hybridized carbons (Fsp3) is 0.579. The minimum atomic E-state index is -0.582. The molecule has 0 aromatic heterocycles. The van der Waals surface area contributed by atoms with E-state index in [1.54, 1.807) is 7.11 Å². The minimum absolute atomic E-state index is 0.00186. The van der Waals surface area contributed by atoms with Gasteiger partial charge in [0.25, 0.3) is 0 Å². The molecular weight excluding hydrogens is 318 g/mol. The molecule has 138 valence electrons. The lowest BCUT2D eigenvalue weighted by Gasteiger charge is -2.37. The summed E-state index contributed by atoms with van der Waals surface area (Å²) in [4.78, 5) is 24.1. The van der Waals surface area contributed by atoms with Gasteiger partial charge in [-0.25, -0.2) is 0 Å². The number of hydrogen-bond donors (Lipinski definition) is 3. The van der Waals surface area contributed by atoms with Crippen LogP contribution in [0.15, 0.2) is 24.3 Å². The summed E-state index contributed by atoms with van der Waals surface area (Å²) in [6.45, 7) is 2.71. The molecule has 1 saturated carbocycles. The number of carbonyl (C=O) groups excluding carboxylic acids is 2. The van der Waals surface area contributed by atoms with Crippen molar-refractivity contribution in [2.24, 2.45) is 0 Å². The Bertz CT molecular complexity index is 566. The third kappa shape index (κ3) is 5.37. The van der Waals surface area contributed by atoms with E-state index < -0.39 is 5.54 Å². The van der Waals surface area contributed by atoms with Gasteiger partial charge in [0.05, 0.1) is 7.11 Å². The first-order valence-corrected chi connectivity index (χ1v) is 9.07. The van der Waals surface area contributed by atoms with Gasteiger partial charge in [-0.05, 0) is 37.1 Å². The maximum Gasteiger partial charge on any atom is 0.245 e. The summed E-state index contributed by atoms with van der Waals surface area (Å²) >= 11 is 0. The molecule has 6 heteroatoms. The zero-order chi connectivity index (χ0) is 18.1. The van der Waals surface area contributed by atoms with Crippen molar-refractivity contribution in [1.82, 2.24) is 10.6 Å². The molecule has 0 heterocycles. The van der Waals surface area contributed by atoms with E-state index in [9.17, 15) is 9.59 Å². The molecule has 1 aliphatic carbocycles. The first kappa shape index (κ1) is 19.1. The molecule has 25 heavy (non-hydrogen) atoms. The van der Waals surface area contributed by atoms with Gasteiger partial charge in [0.2, 0.25) is 11.8 Å². The van der Waals surface area contributed by atoms with Gasteiger partial charge in [-0.3, -0.25) is 9.59 Å². The average molecular weight is 347 g/mol. The van der Waals surface area contributed by atoms with E-state index in [0.717, 1.165) is 43.5 Å². The lowest BCUT2D eigenvalue weighted by molar-refractivity contribution is -0.127. The molecule has 3 N–H and O–H groups in total. The summed E-state index contributed by atoms with van der Waals surface area (Å²) in [5.41, 5.74) is 0.332. The molecule has 1 aliphatic rings. The molecule has 6 nitrogen and oxygen atoms in total. The highest BCUT2D eigenvalue weighted by atomic mass is 16.5. The Morgan fingerprint density at radius 1 is 1.04 bits per heavy atom. The molecule has 1 aromatic rings. The quantitative estimate of drug-likeness (QED) is 0.631. The van der Waals surface area contributed by atoms with Crippen LogP contribution >= 0.6 is 0 Å². The zero-order valence-electron chi connectivity index (χ0n) is 15.2. The molecule has 0 aliphatic heterocycles. The summed E-state index contributed by atoms with van der Waals surface area (Å²) < 4.78 is 5.18. The summed E-state index contributed by atoms with van der Waals surface area (Å²) in [5, 5.41) is 9.20. The van der Waals surface area contributed by atoms with Crippen LogP contribution in [0, 0.1) is 0 Å². The van der Waals surface area contributed by atoms with Gasteiger partial charge in [-0.15, -0.1) is 0 Å². The highest BCUT2D eigenvalue weighted by molar-refractivity contribution is 5.89. The molecule has 2 rings (SSSR count). The van der Waals surface area contributed by atoms with Crippen LogP contribution in [-0.4, -0.2) is 37.6 Å². The number of nitrogens with one attached hydrogen (secondary N) is 3. The number of anilines is 1. The average Bonchev–Trinajstić information content (AvgIpc) is 2.66. The fourth-order valence-electron chi connectivity index (χ4n) is 3.19. The Morgan fingerprint density at radius 2 is 1.68 bits per heavy atom. The third-order valence-electron chi connectivity index (χ3n) is 4.67. The lowest BCUT2D eigenvalue weighted by atomic mass is 9.80. The second-order valence-corrected chi connectivity index (χ2v) is 6.46. The van der Waals surface area contributed by atoms with Gasteiger partial charge in [0.15, 0.2) is 0 Å². The number of ether oxygens (including phenoxy) is 1. The Balaban J connectivity index is 1.98. The summed E-state index contributed by atoms with van der Waals surface area (Å²) in [5.74, 6) is 0.797. The predicted octanol–water partition coefficient (Wildman–Crippen LogP) is 2.45. The number of hydrogen-bond acceptors (Lipinski definition) is 4. The van der Waals surface area contributed by atoms with E-state index in [0.29, 0.717) is 19.5 Å². The molecule has 0 radical (unpaired) electrons. The van der Waals surface area contributed by atoms with Crippen molar-refractivity contribution in [3.05, 3.63) is 24.3 Å². The fourth-order valence-corrected chi connectivity index (χ4v) is 3.19. The van der Waals surface area contributed by atoms with Crippen LogP contribution in [0.5, 0.6) is 5.75 Å². The van der Waals surface area contributed by atoms with Crippen molar-refractivity contribution >= 4 is 17.5 Å². The van der Waals surface area contributed by atoms with Gasteiger partial charge < -0.3 is 20.7 Å². The van der Waals surface area contributed by atoms with Gasteiger partial charge in [-0.2, -0.15) is 0 Å². The Hall–Kier alpha value is -2.24. The molecule has 0 spiro atoms. The predicted molar refractivity (Wildman–Crippen MR) is 98.7 cm³/mol. The molecule has 1 fully saturated rings. The highest BCUT2D eigenvalue weighted by Gasteiger charge is 2.39. The van der Waals surface area contributed by atoms with Gasteiger partial charge >= 0.3 is 0 Å². The first-order chi connectivity index (χ1) is 12.1. The van der Waals surface area contributed by atoms with Gasteiger partial charge in [-0.1, -0.05) is 26.2 Å². The number of amides is 2. The van der Waals surface area contributed by atoms with Crippen molar-refractivity contribution in [2.75, 3.05) is 25.5 Å². The molecule has 0 bridgehead atoms. The molecule has 0 saturated heterocycles. The summed E-state index contributed by atoms with van der Waals surface area (Å²) in [6.07, 6.45) is 5.30. The maximum atomic E-state index is 12.9. The number of benzene rings is 1. The standard InChI is InChI=1S/C19H29N3O3/c1-3-17(23)20-13-14-21-18(24)19(11-5-4-6-12-19)22-15-7-9-16(25-2)10-8-15/h7-10,22H,3-6,11-14H2,1-2H3,(H,20,23)(H,21,24). The van der Waals surface area contributed by atoms with E-state index in [1.807, 2.05) is 31.2 Å². The number of methoxy groups -OCH3 is 1. The van der Waals surface area contributed by atoms with Crippen molar-refractivity contribution in [3.8, 4) is 5.75 Å². The van der Waals surface area contributed by atoms with Crippen molar-refractivity contribution < 1.29 is 14.3 Å². The summed E-state index contributed by atoms with van der Waals surface area (Å²) in [6, 6.07) is 7.64. The third-order valence-corrected chi connectivity index (χ3v) is 4.67. The Kier molecular flexibility index (Phi) is 7.10. The van der Waals surface area contributed by atoms with E-state index in [2.05, 4.69) is 16.0 Å². The van der Waals surface area contributed by atoms with E-state index in [-0.39, 0.29) is 11.8 Å². The van der Waals surface area contributed by atoms with Crippen LogP contribution in [0.2, 0.25) is 0 Å². The van der Waals surface area contributed by atoms with Crippen LogP contribution in [0.25, 0.3) is 0 Å². The van der Waals surface area contributed by atoms with Crippen molar-refractivity contribution in [1.29, 1.82) is 0 Å². The molecule has 0 atom stereocenters. The topological polar surface area (TPSA) is 79.5 Å². The monoisotopic (exact) mass is 347 g/mol. The SMILES string of the molecule is CCC(=O)NCCNC(=O)C1(Nc2ccc(OC)cc2)CCCCC1. The second kappa shape index (κ2) is 9.30. The Morgan fingerprint density at radius 3 is 2.28 bits per heavy atom. The maximum absolute atomic E-state index is 12.9. The van der Waals surface area contributed by atoms with Gasteiger partial charge in [0, 0.05) is 25.2 Å². The minimum Gasteiger partial charge on any atom is -0.497 e. The number of rotatable bonds is 8. The van der Waals surface area contributed by atoms with Gasteiger partial charge in [0.1, 0.15) is 11.3 Å². The van der Waals surface area contributed by atoms with Crippen LogP contribution in [-0.2, 0) is 9.59 Å². The van der Waals surface area contributed by atoms with Crippen LogP contribution < -0.4 is 20.7 Å². The van der Waals surface area contributed by atoms with Crippen molar-refractivity contribution in [2.45, 2.75) is 51.0 Å². The van der Waals surface area contributed by atoms with Crippen LogP contribution in [0.4, 0.5) is 5.69 Å². The molecular formula is C19H29N3O3. The lowest BCUT2D eigenvalue weighted by Crippen LogP contribution is -2.54. The molecule has 2 amide bonds. The second-order valence-electron chi connectivity index (χ2n) is 6.46. The van der Waals surface area contributed by atoms with E-state index >= 15 is 0 Å². The van der Waals surface area contributed by atoms with E-state index in [1.165, 1.54) is 0 Å². The summed E-state index contributed by atoms with van der Waals surface area (Å²) in [7, 11) is 1.63. The van der Waals surface area contributed by atoms with Crippen LogP contribution in [0.1, 0.15) is 45.4 Å². The molecule has 0 unspecified atom stereocenters. The normalized spacial score (nSPS) is 15.9. The van der Waals surface area contributed by atoms with E-state index in [4.69, 9.17) is 4.74 Å². The Labute approximate surface area is 149 Å². The molecule has 1 aromatic carbocycles. The number of carbonyl (C=O) groups is 2. The van der Waals surface area contributed by atoms with Crippen molar-refractivity contribution in [3.63, 3.8) is 0 Å². The first-order valence-electron chi connectivity index (χ1n) is 9.07. The zero-order valence-corrected chi connectivity index (χ0v) is 15.2.